The van der Waals surface area contributed by atoms with E-state index in [1.165, 1.54) is 72.8 Å². The van der Waals surface area contributed by atoms with Gasteiger partial charge in [0.1, 0.15) is 21.2 Å². The van der Waals surface area contributed by atoms with E-state index in [0.717, 1.165) is 17.7 Å². The fraction of sp³-hybridized carbons (Fsp3) is 0.0263. The summed E-state index contributed by atoms with van der Waals surface area (Å²) in [6.45, 7) is 1.86. The maximum Gasteiger partial charge on any atom is 0.323 e. The lowest BCUT2D eigenvalue weighted by atomic mass is 10.1. The summed E-state index contributed by atoms with van der Waals surface area (Å²) in [5.41, 5.74) is 0.605. The van der Waals surface area contributed by atoms with Gasteiger partial charge in [-0.05, 0) is 113 Å². The molecule has 0 radical (unpaired) electrons. The lowest BCUT2D eigenvalue weighted by Gasteiger charge is -2.13. The molecule has 300 valence electrons. The van der Waals surface area contributed by atoms with Gasteiger partial charge in [-0.1, -0.05) is 29.8 Å². The van der Waals surface area contributed by atoms with Gasteiger partial charge in [-0.15, -0.1) is 10.2 Å². The number of phenolic OH excluding ortho intramolecular Hbond substituents is 2. The lowest BCUT2D eigenvalue weighted by Crippen LogP contribution is -2.19. The lowest BCUT2D eigenvalue weighted by molar-refractivity contribution is 0.262. The molecule has 7 aromatic rings. The molecule has 7 aromatic carbocycles. The van der Waals surface area contributed by atoms with E-state index in [1.807, 2.05) is 6.92 Å². The highest BCUT2D eigenvalue weighted by Crippen LogP contribution is 2.44. The van der Waals surface area contributed by atoms with E-state index in [0.29, 0.717) is 16.5 Å². The molecule has 0 aliphatic carbocycles. The van der Waals surface area contributed by atoms with Crippen molar-refractivity contribution in [2.75, 3.05) is 10.6 Å². The molecule has 0 bridgehead atoms. The number of azo groups is 2. The van der Waals surface area contributed by atoms with Gasteiger partial charge in [0.15, 0.2) is 11.5 Å². The average molecular weight is 857 g/mol. The Kier molecular flexibility index (Phi) is 10.3. The van der Waals surface area contributed by atoms with Crippen molar-refractivity contribution in [1.29, 1.82) is 0 Å². The van der Waals surface area contributed by atoms with E-state index in [9.17, 15) is 53.9 Å². The average Bonchev–Trinajstić information content (AvgIpc) is 3.16. The third kappa shape index (κ3) is 8.69. The second kappa shape index (κ2) is 15.1. The van der Waals surface area contributed by atoms with Crippen LogP contribution in [-0.4, -0.2) is 55.2 Å². The van der Waals surface area contributed by atoms with Crippen molar-refractivity contribution in [1.82, 2.24) is 0 Å². The van der Waals surface area contributed by atoms with Crippen LogP contribution >= 0.6 is 0 Å². The molecule has 2 amide bonds. The molecule has 21 heteroatoms. The van der Waals surface area contributed by atoms with Gasteiger partial charge in [-0.2, -0.15) is 35.5 Å². The number of nitrogens with one attached hydrogen (secondary N) is 2. The molecule has 0 heterocycles. The molecule has 0 unspecified atom stereocenters. The zero-order valence-electron chi connectivity index (χ0n) is 30.0. The molecule has 0 aliphatic rings. The molecule has 0 aliphatic heterocycles. The number of amides is 2. The van der Waals surface area contributed by atoms with Crippen LogP contribution in [0.3, 0.4) is 0 Å². The number of phenols is 2. The Bertz CT molecular complexity index is 3300. The number of urea groups is 1. The second-order valence-corrected chi connectivity index (χ2v) is 17.2. The van der Waals surface area contributed by atoms with Crippen LogP contribution in [0.15, 0.2) is 144 Å². The molecule has 7 rings (SSSR count). The monoisotopic (exact) mass is 856 g/mol. The predicted molar refractivity (Wildman–Crippen MR) is 217 cm³/mol. The number of rotatable bonds is 9. The first kappa shape index (κ1) is 40.3. The number of hydrogen-bond donors (Lipinski definition) is 7. The Morgan fingerprint density at radius 3 is 1.44 bits per heavy atom. The predicted octanol–water partition coefficient (Wildman–Crippen LogP) is 9.08. The number of fused-ring (bicyclic) bond motifs is 3. The number of anilines is 2. The van der Waals surface area contributed by atoms with Crippen LogP contribution in [0.5, 0.6) is 11.5 Å². The molecule has 0 saturated carbocycles. The summed E-state index contributed by atoms with van der Waals surface area (Å²) in [4.78, 5) is 11.2. The SMILES string of the molecule is Cc1ccc(N=Nc2c(S(=O)(=O)O)cc3cc(NC(=O)Nc4ccc5c(O)c(N=Nc6ccc7cc(S(=O)(=O)O)ccc7c6)c(S(=O)(=O)O)cc5c4)ccc3c2O)cc1. The van der Waals surface area contributed by atoms with E-state index in [-0.39, 0.29) is 43.5 Å². The molecular formula is C38H28N6O12S3. The van der Waals surface area contributed by atoms with Crippen molar-refractivity contribution in [2.45, 2.75) is 21.6 Å². The number of hydrogen-bond acceptors (Lipinski definition) is 13. The van der Waals surface area contributed by atoms with Crippen LogP contribution in [0.1, 0.15) is 5.56 Å². The summed E-state index contributed by atoms with van der Waals surface area (Å²) in [7, 11) is -14.4. The highest BCUT2D eigenvalue weighted by molar-refractivity contribution is 7.86. The first-order valence-corrected chi connectivity index (χ1v) is 21.1. The summed E-state index contributed by atoms with van der Waals surface area (Å²) < 4.78 is 102. The molecule has 0 aromatic heterocycles. The minimum Gasteiger partial charge on any atom is -0.505 e. The van der Waals surface area contributed by atoms with Gasteiger partial charge in [-0.3, -0.25) is 13.7 Å². The molecule has 59 heavy (non-hydrogen) atoms. The summed E-state index contributed by atoms with van der Waals surface area (Å²) in [5, 5.41) is 44.2. The van der Waals surface area contributed by atoms with Crippen molar-refractivity contribution in [3.8, 4) is 11.5 Å². The van der Waals surface area contributed by atoms with Crippen LogP contribution in [0.4, 0.5) is 38.9 Å². The normalized spacial score (nSPS) is 12.5. The van der Waals surface area contributed by atoms with Gasteiger partial charge in [0.2, 0.25) is 0 Å². The highest BCUT2D eigenvalue weighted by Gasteiger charge is 2.24. The van der Waals surface area contributed by atoms with E-state index < -0.39 is 69.1 Å². The Labute approximate surface area is 334 Å². The summed E-state index contributed by atoms with van der Waals surface area (Å²) in [6, 6.07) is 24.4. The van der Waals surface area contributed by atoms with Crippen molar-refractivity contribution in [3.05, 3.63) is 115 Å². The number of aromatic hydroxyl groups is 2. The third-order valence-corrected chi connectivity index (χ3v) is 11.4. The minimum absolute atomic E-state index is 0.0569. The van der Waals surface area contributed by atoms with Crippen LogP contribution < -0.4 is 10.6 Å². The van der Waals surface area contributed by atoms with Gasteiger partial charge in [0.05, 0.1) is 16.3 Å². The maximum atomic E-state index is 13.1. The molecular weight excluding hydrogens is 829 g/mol. The molecule has 0 atom stereocenters. The standard InChI is InChI=1S/C38H28N6O12S3/c1-20-2-6-25(7-3-20)41-43-34-32(58(51,52)53)18-23-15-26(9-12-30(23)36(34)45)39-38(47)40-27-10-13-31-24(16-27)19-33(59(54,55)56)35(37(31)46)44-42-28-8-4-22-17-29(57(48,49)50)11-5-21(22)14-28/h2-19,45-46H,1H3,(H2,39,40,47)(H,48,49,50)(H,51,52,53)(H,54,55,56). The van der Waals surface area contributed by atoms with E-state index >= 15 is 0 Å². The van der Waals surface area contributed by atoms with Crippen LogP contribution in [0, 0.1) is 6.92 Å². The number of aryl methyl sites for hydroxylation is 1. The van der Waals surface area contributed by atoms with Gasteiger partial charge in [0.25, 0.3) is 30.4 Å². The zero-order valence-corrected chi connectivity index (χ0v) is 32.4. The van der Waals surface area contributed by atoms with Crippen LogP contribution in [-0.2, 0) is 30.4 Å². The van der Waals surface area contributed by atoms with E-state index in [4.69, 9.17) is 0 Å². The van der Waals surface area contributed by atoms with Crippen molar-refractivity contribution in [3.63, 3.8) is 0 Å². The zero-order chi connectivity index (χ0) is 42.4. The van der Waals surface area contributed by atoms with Crippen molar-refractivity contribution >= 4 is 103 Å². The topological polar surface area (TPSA) is 294 Å². The van der Waals surface area contributed by atoms with Gasteiger partial charge >= 0.3 is 6.03 Å². The second-order valence-electron chi connectivity index (χ2n) is 12.9. The number of nitrogens with zero attached hydrogens (tertiary/aromatic N) is 4. The molecule has 0 saturated heterocycles. The third-order valence-electron chi connectivity index (χ3n) is 8.83. The smallest absolute Gasteiger partial charge is 0.323 e. The Hall–Kier alpha value is -6.88. The van der Waals surface area contributed by atoms with Gasteiger partial charge < -0.3 is 20.8 Å². The van der Waals surface area contributed by atoms with E-state index in [2.05, 4.69) is 31.1 Å². The minimum atomic E-state index is -5.01. The maximum absolute atomic E-state index is 13.1. The number of carbonyl (C=O) groups is 1. The van der Waals surface area contributed by atoms with Gasteiger partial charge in [0, 0.05) is 22.1 Å². The fourth-order valence-corrected chi connectivity index (χ4v) is 7.83. The van der Waals surface area contributed by atoms with Crippen molar-refractivity contribution in [2.24, 2.45) is 20.5 Å². The molecule has 0 fully saturated rings. The first-order valence-electron chi connectivity index (χ1n) is 16.8. The summed E-state index contributed by atoms with van der Waals surface area (Å²) >= 11 is 0. The number of benzene rings is 7. The number of carbonyl (C=O) groups excluding carboxylic acids is 1. The Balaban J connectivity index is 1.14. The largest absolute Gasteiger partial charge is 0.505 e. The fourth-order valence-electron chi connectivity index (χ4n) is 6.00. The Morgan fingerprint density at radius 2 is 0.949 bits per heavy atom. The molecule has 18 nitrogen and oxygen atoms in total. The molecule has 0 spiro atoms. The highest BCUT2D eigenvalue weighted by atomic mass is 32.2. The van der Waals surface area contributed by atoms with Crippen LogP contribution in [0.2, 0.25) is 0 Å². The van der Waals surface area contributed by atoms with Crippen molar-refractivity contribution < 1.29 is 53.9 Å². The summed E-state index contributed by atoms with van der Waals surface area (Å²) in [6.07, 6.45) is 0. The van der Waals surface area contributed by atoms with Gasteiger partial charge in [-0.25, -0.2) is 4.79 Å². The summed E-state index contributed by atoms with van der Waals surface area (Å²) in [5.74, 6) is -1.26. The van der Waals surface area contributed by atoms with Crippen LogP contribution in [0.25, 0.3) is 32.3 Å². The van der Waals surface area contributed by atoms with E-state index in [1.54, 1.807) is 24.3 Å². The first-order chi connectivity index (χ1) is 27.7. The quantitative estimate of drug-likeness (QED) is 0.0528. The Morgan fingerprint density at radius 1 is 0.492 bits per heavy atom. The molecule has 7 N–H and O–H groups in total.